The molecule has 102 valence electrons. The van der Waals surface area contributed by atoms with Crippen molar-refractivity contribution in [2.24, 2.45) is 0 Å². The van der Waals surface area contributed by atoms with E-state index in [4.69, 9.17) is 0 Å². The molecule has 0 spiro atoms. The highest BCUT2D eigenvalue weighted by Gasteiger charge is 2.57. The quantitative estimate of drug-likeness (QED) is 0.475. The number of nitro groups is 2. The maximum atomic E-state index is 11.4. The maximum Gasteiger partial charge on any atom is 0.488 e. The molecule has 0 aliphatic carbocycles. The molecule has 2 aromatic carbocycles. The fourth-order valence-corrected chi connectivity index (χ4v) is 2.09. The van der Waals surface area contributed by atoms with Crippen LogP contribution in [0.3, 0.4) is 0 Å². The van der Waals surface area contributed by atoms with Crippen molar-refractivity contribution in [2.45, 2.75) is 12.1 Å². The third-order valence-corrected chi connectivity index (χ3v) is 3.13. The van der Waals surface area contributed by atoms with Gasteiger partial charge in [0, 0.05) is 0 Å². The Kier molecular flexibility index (Phi) is 3.74. The van der Waals surface area contributed by atoms with E-state index in [1.807, 2.05) is 0 Å². The van der Waals surface area contributed by atoms with E-state index < -0.39 is 15.5 Å². The summed E-state index contributed by atoms with van der Waals surface area (Å²) >= 11 is 0. The molecule has 0 radical (unpaired) electrons. The van der Waals surface area contributed by atoms with E-state index in [1.165, 1.54) is 12.1 Å². The minimum atomic E-state index is -2.36. The van der Waals surface area contributed by atoms with Crippen LogP contribution in [0.1, 0.15) is 11.1 Å². The zero-order valence-electron chi connectivity index (χ0n) is 10.5. The van der Waals surface area contributed by atoms with Gasteiger partial charge in [-0.05, 0) is 17.7 Å². The van der Waals surface area contributed by atoms with Crippen molar-refractivity contribution in [3.8, 4) is 0 Å². The first-order valence-corrected chi connectivity index (χ1v) is 5.96. The lowest BCUT2D eigenvalue weighted by molar-refractivity contribution is -0.810. The standard InChI is InChI=1S/C14H12N2O4/c17-15(18)14(16(19)20,13-9-5-2-6-10-13)11-12-7-3-1-4-8-12/h1-10H,11H2. The highest BCUT2D eigenvalue weighted by Crippen LogP contribution is 2.30. The van der Waals surface area contributed by atoms with Crippen LogP contribution >= 0.6 is 0 Å². The maximum absolute atomic E-state index is 11.4. The van der Waals surface area contributed by atoms with Crippen molar-refractivity contribution in [3.05, 3.63) is 92.0 Å². The molecule has 2 rings (SSSR count). The van der Waals surface area contributed by atoms with Crippen LogP contribution in [-0.2, 0) is 12.1 Å². The Labute approximate surface area is 115 Å². The predicted octanol–water partition coefficient (Wildman–Crippen LogP) is 2.64. The van der Waals surface area contributed by atoms with Gasteiger partial charge in [-0.2, -0.15) is 0 Å². The lowest BCUT2D eigenvalue weighted by Gasteiger charge is -2.17. The van der Waals surface area contributed by atoms with Crippen LogP contribution in [0, 0.1) is 20.2 Å². The number of rotatable bonds is 5. The molecule has 0 unspecified atom stereocenters. The van der Waals surface area contributed by atoms with Crippen LogP contribution in [0.5, 0.6) is 0 Å². The second-order valence-electron chi connectivity index (χ2n) is 4.36. The van der Waals surface area contributed by atoms with Gasteiger partial charge >= 0.3 is 5.66 Å². The van der Waals surface area contributed by atoms with Gasteiger partial charge in [0.05, 0.1) is 0 Å². The summed E-state index contributed by atoms with van der Waals surface area (Å²) in [6.07, 6.45) is -0.294. The summed E-state index contributed by atoms with van der Waals surface area (Å²) in [6.45, 7) is 0. The van der Waals surface area contributed by atoms with Crippen molar-refractivity contribution in [2.75, 3.05) is 0 Å². The second-order valence-corrected chi connectivity index (χ2v) is 4.36. The third-order valence-electron chi connectivity index (χ3n) is 3.13. The second kappa shape index (κ2) is 5.48. The molecule has 0 fully saturated rings. The minimum absolute atomic E-state index is 0.0684. The summed E-state index contributed by atoms with van der Waals surface area (Å²) in [7, 11) is 0. The zero-order valence-corrected chi connectivity index (χ0v) is 10.5. The molecule has 6 nitrogen and oxygen atoms in total. The summed E-state index contributed by atoms with van der Waals surface area (Å²) in [6, 6.07) is 16.0. The topological polar surface area (TPSA) is 86.3 Å². The van der Waals surface area contributed by atoms with Crippen LogP contribution in [-0.4, -0.2) is 9.85 Å². The Bertz CT molecular complexity index is 600. The summed E-state index contributed by atoms with van der Waals surface area (Å²) in [5.74, 6) is 0. The van der Waals surface area contributed by atoms with Gasteiger partial charge in [0.1, 0.15) is 21.8 Å². The van der Waals surface area contributed by atoms with Gasteiger partial charge in [0.15, 0.2) is 0 Å². The molecule has 0 aliphatic heterocycles. The van der Waals surface area contributed by atoms with Gasteiger partial charge in [0.2, 0.25) is 0 Å². The van der Waals surface area contributed by atoms with Gasteiger partial charge in [-0.15, -0.1) is 0 Å². The minimum Gasteiger partial charge on any atom is -0.258 e. The van der Waals surface area contributed by atoms with Crippen molar-refractivity contribution in [1.29, 1.82) is 0 Å². The fourth-order valence-electron chi connectivity index (χ4n) is 2.09. The third kappa shape index (κ3) is 2.35. The SMILES string of the molecule is O=[N+]([O-])C(Cc1ccccc1)(c1ccccc1)[N+](=O)[O-]. The molecule has 0 bridgehead atoms. The van der Waals surface area contributed by atoms with E-state index >= 15 is 0 Å². The average Bonchev–Trinajstić information content (AvgIpc) is 2.46. The Morgan fingerprint density at radius 1 is 0.800 bits per heavy atom. The van der Waals surface area contributed by atoms with Gasteiger partial charge in [0.25, 0.3) is 0 Å². The highest BCUT2D eigenvalue weighted by atomic mass is 16.7. The first-order valence-electron chi connectivity index (χ1n) is 5.96. The lowest BCUT2D eigenvalue weighted by Crippen LogP contribution is -2.45. The molecule has 0 N–H and O–H groups in total. The van der Waals surface area contributed by atoms with Crippen molar-refractivity contribution in [3.63, 3.8) is 0 Å². The molecule has 2 aromatic rings. The molecule has 0 aromatic heterocycles. The monoisotopic (exact) mass is 272 g/mol. The zero-order chi connectivity index (χ0) is 14.6. The molecule has 0 atom stereocenters. The normalized spacial score (nSPS) is 11.0. The van der Waals surface area contributed by atoms with Gasteiger partial charge in [-0.3, -0.25) is 20.2 Å². The van der Waals surface area contributed by atoms with Crippen LogP contribution in [0.15, 0.2) is 60.7 Å². The van der Waals surface area contributed by atoms with E-state index in [1.54, 1.807) is 48.5 Å². The fraction of sp³-hybridized carbons (Fsp3) is 0.143. The smallest absolute Gasteiger partial charge is 0.258 e. The van der Waals surface area contributed by atoms with Crippen molar-refractivity contribution in [1.82, 2.24) is 0 Å². The van der Waals surface area contributed by atoms with E-state index in [0.717, 1.165) is 0 Å². The number of hydrogen-bond donors (Lipinski definition) is 0. The molecule has 0 saturated heterocycles. The molecular weight excluding hydrogens is 260 g/mol. The van der Waals surface area contributed by atoms with E-state index in [2.05, 4.69) is 0 Å². The first kappa shape index (κ1) is 13.7. The Morgan fingerprint density at radius 3 is 1.70 bits per heavy atom. The predicted molar refractivity (Wildman–Crippen MR) is 72.3 cm³/mol. The molecule has 0 amide bonds. The van der Waals surface area contributed by atoms with Gasteiger partial charge in [-0.1, -0.05) is 48.5 Å². The van der Waals surface area contributed by atoms with E-state index in [0.29, 0.717) is 5.56 Å². The molecular formula is C14H12N2O4. The molecule has 20 heavy (non-hydrogen) atoms. The highest BCUT2D eigenvalue weighted by molar-refractivity contribution is 5.24. The van der Waals surface area contributed by atoms with Crippen molar-refractivity contribution < 1.29 is 9.85 Å². The molecule has 0 aliphatic rings. The average molecular weight is 272 g/mol. The lowest BCUT2D eigenvalue weighted by atomic mass is 9.93. The molecule has 6 heteroatoms. The van der Waals surface area contributed by atoms with E-state index in [9.17, 15) is 20.2 Å². The van der Waals surface area contributed by atoms with E-state index in [-0.39, 0.29) is 12.0 Å². The number of hydrogen-bond acceptors (Lipinski definition) is 4. The Hall–Kier alpha value is -2.76. The summed E-state index contributed by atoms with van der Waals surface area (Å²) in [4.78, 5) is 21.2. The van der Waals surface area contributed by atoms with Crippen LogP contribution in [0.2, 0.25) is 0 Å². The Morgan fingerprint density at radius 2 is 1.25 bits per heavy atom. The molecule has 0 heterocycles. The van der Waals surface area contributed by atoms with Crippen molar-refractivity contribution >= 4 is 0 Å². The summed E-state index contributed by atoms with van der Waals surface area (Å²) in [5.41, 5.74) is -1.74. The Balaban J connectivity index is 2.55. The first-order chi connectivity index (χ1) is 9.57. The number of benzene rings is 2. The van der Waals surface area contributed by atoms with Crippen LogP contribution in [0.25, 0.3) is 0 Å². The number of nitrogens with zero attached hydrogens (tertiary/aromatic N) is 2. The summed E-state index contributed by atoms with van der Waals surface area (Å²) in [5, 5.41) is 22.9. The largest absolute Gasteiger partial charge is 0.488 e. The van der Waals surface area contributed by atoms with Crippen LogP contribution in [0.4, 0.5) is 0 Å². The van der Waals surface area contributed by atoms with Crippen LogP contribution < -0.4 is 0 Å². The summed E-state index contributed by atoms with van der Waals surface area (Å²) < 4.78 is 0. The van der Waals surface area contributed by atoms with Gasteiger partial charge in [-0.25, -0.2) is 0 Å². The molecule has 0 saturated carbocycles. The van der Waals surface area contributed by atoms with Gasteiger partial charge < -0.3 is 0 Å².